The third-order valence-electron chi connectivity index (χ3n) is 6.09. The largest absolute Gasteiger partial charge is 0.464 e. The van der Waals surface area contributed by atoms with Gasteiger partial charge < -0.3 is 9.73 Å². The molecule has 1 N–H and O–H groups in total. The van der Waals surface area contributed by atoms with Gasteiger partial charge in [0.1, 0.15) is 11.5 Å². The second kappa shape index (κ2) is 9.74. The predicted molar refractivity (Wildman–Crippen MR) is 128 cm³/mol. The van der Waals surface area contributed by atoms with Gasteiger partial charge >= 0.3 is 0 Å². The second-order valence-corrected chi connectivity index (χ2v) is 9.63. The number of furan rings is 1. The highest BCUT2D eigenvalue weighted by Crippen LogP contribution is 2.35. The number of amides is 2. The third-order valence-corrected chi connectivity index (χ3v) is 6.97. The van der Waals surface area contributed by atoms with Gasteiger partial charge in [0.05, 0.1) is 12.1 Å². The van der Waals surface area contributed by atoms with E-state index < -0.39 is 6.04 Å². The zero-order valence-electron chi connectivity index (χ0n) is 18.9. The number of thiophene rings is 1. The van der Waals surface area contributed by atoms with E-state index in [4.69, 9.17) is 4.42 Å². The Hall–Kier alpha value is -2.86. The van der Waals surface area contributed by atoms with Crippen LogP contribution in [0.5, 0.6) is 0 Å². The lowest BCUT2D eigenvalue weighted by atomic mass is 10.0. The van der Waals surface area contributed by atoms with Crippen molar-refractivity contribution in [2.75, 3.05) is 4.90 Å². The highest BCUT2D eigenvalue weighted by molar-refractivity contribution is 7.10. The summed E-state index contributed by atoms with van der Waals surface area (Å²) in [5, 5.41) is 5.16. The molecule has 1 aromatic carbocycles. The van der Waals surface area contributed by atoms with Crippen LogP contribution in [0.1, 0.15) is 59.2 Å². The molecule has 1 fully saturated rings. The molecule has 6 heteroatoms. The van der Waals surface area contributed by atoms with Gasteiger partial charge in [0.2, 0.25) is 5.91 Å². The molecule has 4 rings (SSSR count). The van der Waals surface area contributed by atoms with Gasteiger partial charge in [-0.1, -0.05) is 37.1 Å². The number of hydrogen-bond donors (Lipinski definition) is 1. The summed E-state index contributed by atoms with van der Waals surface area (Å²) in [4.78, 5) is 30.1. The van der Waals surface area contributed by atoms with E-state index in [1.54, 1.807) is 16.2 Å². The van der Waals surface area contributed by atoms with Gasteiger partial charge in [-0.25, -0.2) is 0 Å². The van der Waals surface area contributed by atoms with E-state index >= 15 is 0 Å². The molecule has 168 valence electrons. The number of nitrogens with one attached hydrogen (secondary N) is 1. The summed E-state index contributed by atoms with van der Waals surface area (Å²) in [5.74, 6) is 0.893. The summed E-state index contributed by atoms with van der Waals surface area (Å²) >= 11 is 1.55. The molecule has 1 aliphatic rings. The van der Waals surface area contributed by atoms with Crippen molar-refractivity contribution in [1.29, 1.82) is 0 Å². The van der Waals surface area contributed by atoms with Crippen molar-refractivity contribution in [3.63, 3.8) is 0 Å². The van der Waals surface area contributed by atoms with Crippen LogP contribution >= 0.6 is 11.3 Å². The van der Waals surface area contributed by atoms with Crippen LogP contribution in [0, 0.1) is 20.8 Å². The number of anilines is 1. The molecule has 1 aliphatic carbocycles. The first-order chi connectivity index (χ1) is 15.4. The molecular formula is C26H30N2O3S. The summed E-state index contributed by atoms with van der Waals surface area (Å²) in [6.45, 7) is 5.81. The zero-order chi connectivity index (χ0) is 22.7. The first-order valence-corrected chi connectivity index (χ1v) is 12.1. The fraction of sp³-hybridized carbons (Fsp3) is 0.385. The van der Waals surface area contributed by atoms with Crippen LogP contribution in [-0.4, -0.2) is 17.9 Å². The lowest BCUT2D eigenvalue weighted by molar-refractivity contribution is -0.127. The monoisotopic (exact) mass is 450 g/mol. The van der Waals surface area contributed by atoms with Gasteiger partial charge in [-0.05, 0) is 68.3 Å². The summed E-state index contributed by atoms with van der Waals surface area (Å²) < 4.78 is 5.95. The van der Waals surface area contributed by atoms with Gasteiger partial charge in [0, 0.05) is 10.9 Å². The van der Waals surface area contributed by atoms with Gasteiger partial charge in [-0.15, -0.1) is 11.3 Å². The molecule has 1 atom stereocenters. The summed E-state index contributed by atoms with van der Waals surface area (Å²) in [7, 11) is 0. The summed E-state index contributed by atoms with van der Waals surface area (Å²) in [5.41, 5.74) is 2.67. The fourth-order valence-electron chi connectivity index (χ4n) is 4.56. The van der Waals surface area contributed by atoms with E-state index in [0.29, 0.717) is 11.5 Å². The molecular weight excluding hydrogens is 420 g/mol. The Labute approximate surface area is 193 Å². The average Bonchev–Trinajstić information content (AvgIpc) is 3.51. The van der Waals surface area contributed by atoms with E-state index in [1.807, 2.05) is 68.6 Å². The van der Waals surface area contributed by atoms with Crippen LogP contribution in [0.15, 0.2) is 52.3 Å². The number of benzene rings is 1. The minimum Gasteiger partial charge on any atom is -0.464 e. The molecule has 1 saturated carbocycles. The lowest BCUT2D eigenvalue weighted by Crippen LogP contribution is -2.47. The molecule has 0 aliphatic heterocycles. The first-order valence-electron chi connectivity index (χ1n) is 11.2. The fourth-order valence-corrected chi connectivity index (χ4v) is 5.25. The highest BCUT2D eigenvalue weighted by atomic mass is 32.1. The minimum atomic E-state index is -0.864. The topological polar surface area (TPSA) is 62.6 Å². The SMILES string of the molecule is Cc1ccc([C@H](C(=O)NC2CCCC2)N(C(=O)Cc2cccs2)c2c(C)cccc2C)o1. The van der Waals surface area contributed by atoms with Crippen molar-refractivity contribution in [2.24, 2.45) is 0 Å². The van der Waals surface area contributed by atoms with Crippen LogP contribution < -0.4 is 10.2 Å². The Morgan fingerprint density at radius 2 is 1.78 bits per heavy atom. The maximum absolute atomic E-state index is 13.8. The molecule has 3 aromatic rings. The van der Waals surface area contributed by atoms with Gasteiger partial charge in [-0.3, -0.25) is 14.5 Å². The van der Waals surface area contributed by atoms with E-state index in [1.165, 1.54) is 0 Å². The number of hydrogen-bond acceptors (Lipinski definition) is 4. The minimum absolute atomic E-state index is 0.120. The Morgan fingerprint density at radius 1 is 1.06 bits per heavy atom. The van der Waals surface area contributed by atoms with Crippen LogP contribution in [0.4, 0.5) is 5.69 Å². The number of aryl methyl sites for hydroxylation is 3. The normalized spacial score (nSPS) is 15.0. The van der Waals surface area contributed by atoms with Crippen LogP contribution in [-0.2, 0) is 16.0 Å². The first kappa shape index (κ1) is 22.3. The van der Waals surface area contributed by atoms with Crippen LogP contribution in [0.2, 0.25) is 0 Å². The van der Waals surface area contributed by atoms with Crippen molar-refractivity contribution >= 4 is 28.8 Å². The molecule has 2 aromatic heterocycles. The average molecular weight is 451 g/mol. The number of para-hydroxylation sites is 1. The standard InChI is InChI=1S/C26H30N2O3S/c1-17-8-6-9-18(2)24(17)28(23(29)16-21-12-7-15-32-21)25(22-14-13-19(3)31-22)26(30)27-20-10-4-5-11-20/h6-9,12-15,20,25H,4-5,10-11,16H2,1-3H3,(H,27,30)/t25-/m1/s1. The Balaban J connectivity index is 1.79. The van der Waals surface area contributed by atoms with E-state index in [9.17, 15) is 9.59 Å². The van der Waals surface area contributed by atoms with E-state index in [0.717, 1.165) is 47.4 Å². The van der Waals surface area contributed by atoms with Gasteiger partial charge in [-0.2, -0.15) is 0 Å². The maximum atomic E-state index is 13.8. The molecule has 0 unspecified atom stereocenters. The van der Waals surface area contributed by atoms with E-state index in [-0.39, 0.29) is 24.3 Å². The quantitative estimate of drug-likeness (QED) is 0.506. The van der Waals surface area contributed by atoms with Crippen LogP contribution in [0.25, 0.3) is 0 Å². The molecule has 0 saturated heterocycles. The maximum Gasteiger partial charge on any atom is 0.251 e. The summed E-state index contributed by atoms with van der Waals surface area (Å²) in [6.07, 6.45) is 4.42. The number of carbonyl (C=O) groups is 2. The lowest BCUT2D eigenvalue weighted by Gasteiger charge is -2.33. The van der Waals surface area contributed by atoms with Crippen molar-refractivity contribution in [1.82, 2.24) is 5.32 Å². The molecule has 5 nitrogen and oxygen atoms in total. The van der Waals surface area contributed by atoms with Gasteiger partial charge in [0.15, 0.2) is 6.04 Å². The smallest absolute Gasteiger partial charge is 0.251 e. The predicted octanol–water partition coefficient (Wildman–Crippen LogP) is 5.64. The van der Waals surface area contributed by atoms with E-state index in [2.05, 4.69) is 5.32 Å². The summed E-state index contributed by atoms with van der Waals surface area (Å²) in [6, 6.07) is 12.8. The van der Waals surface area contributed by atoms with Gasteiger partial charge in [0.25, 0.3) is 5.91 Å². The van der Waals surface area contributed by atoms with Crippen molar-refractivity contribution in [2.45, 2.75) is 65.0 Å². The highest BCUT2D eigenvalue weighted by Gasteiger charge is 2.37. The van der Waals surface area contributed by atoms with Crippen molar-refractivity contribution in [3.05, 3.63) is 75.4 Å². The molecule has 0 bridgehead atoms. The zero-order valence-corrected chi connectivity index (χ0v) is 19.7. The molecule has 2 amide bonds. The Kier molecular flexibility index (Phi) is 6.80. The number of rotatable bonds is 7. The van der Waals surface area contributed by atoms with Crippen molar-refractivity contribution < 1.29 is 14.0 Å². The Bertz CT molecular complexity index is 1060. The number of carbonyl (C=O) groups excluding carboxylic acids is 2. The van der Waals surface area contributed by atoms with Crippen LogP contribution in [0.3, 0.4) is 0 Å². The molecule has 0 radical (unpaired) electrons. The van der Waals surface area contributed by atoms with Crippen molar-refractivity contribution in [3.8, 4) is 0 Å². The molecule has 2 heterocycles. The molecule has 0 spiro atoms. The second-order valence-electron chi connectivity index (χ2n) is 8.60. The molecule has 32 heavy (non-hydrogen) atoms. The number of nitrogens with zero attached hydrogens (tertiary/aromatic N) is 1. The third kappa shape index (κ3) is 4.80. The Morgan fingerprint density at radius 3 is 2.38 bits per heavy atom.